The second kappa shape index (κ2) is 7.06. The lowest BCUT2D eigenvalue weighted by atomic mass is 10.0. The van der Waals surface area contributed by atoms with Gasteiger partial charge >= 0.3 is 6.09 Å². The number of aromatic nitrogens is 1. The Bertz CT molecular complexity index is 634. The van der Waals surface area contributed by atoms with Crippen molar-refractivity contribution in [3.8, 4) is 11.1 Å². The molecule has 0 unspecified atom stereocenters. The first-order chi connectivity index (χ1) is 10.1. The fourth-order valence-corrected chi connectivity index (χ4v) is 2.25. The van der Waals surface area contributed by atoms with Crippen LogP contribution in [0.1, 0.15) is 0 Å². The SMILES string of the molecule is COCCN(C(=O)O)c1cnccc1-c1ccccc1Cl. The molecular weight excluding hydrogens is 292 g/mol. The van der Waals surface area contributed by atoms with Gasteiger partial charge < -0.3 is 9.84 Å². The standard InChI is InChI=1S/C15H15ClN2O3/c1-21-9-8-18(15(19)20)14-10-17-7-6-12(14)11-4-2-3-5-13(11)16/h2-7,10H,8-9H2,1H3,(H,19,20). The van der Waals surface area contributed by atoms with Crippen LogP contribution >= 0.6 is 11.6 Å². The van der Waals surface area contributed by atoms with Gasteiger partial charge in [0.05, 0.1) is 25.0 Å². The average molecular weight is 307 g/mol. The zero-order chi connectivity index (χ0) is 15.2. The highest BCUT2D eigenvalue weighted by Gasteiger charge is 2.19. The molecule has 21 heavy (non-hydrogen) atoms. The van der Waals surface area contributed by atoms with Crippen LogP contribution in [0.25, 0.3) is 11.1 Å². The molecule has 0 radical (unpaired) electrons. The third-order valence-corrected chi connectivity index (χ3v) is 3.33. The van der Waals surface area contributed by atoms with E-state index in [1.165, 1.54) is 18.2 Å². The molecule has 0 aliphatic carbocycles. The molecule has 1 aromatic heterocycles. The minimum atomic E-state index is -1.06. The predicted molar refractivity (Wildman–Crippen MR) is 81.9 cm³/mol. The number of benzene rings is 1. The smallest absolute Gasteiger partial charge is 0.411 e. The summed E-state index contributed by atoms with van der Waals surface area (Å²) in [7, 11) is 1.53. The van der Waals surface area contributed by atoms with Crippen molar-refractivity contribution in [3.63, 3.8) is 0 Å². The fraction of sp³-hybridized carbons (Fsp3) is 0.200. The Morgan fingerprint density at radius 3 is 2.76 bits per heavy atom. The lowest BCUT2D eigenvalue weighted by molar-refractivity contribution is 0.186. The van der Waals surface area contributed by atoms with Crippen LogP contribution in [0.3, 0.4) is 0 Å². The highest BCUT2D eigenvalue weighted by molar-refractivity contribution is 6.33. The monoisotopic (exact) mass is 306 g/mol. The number of carboxylic acid groups (broad SMARTS) is 1. The highest BCUT2D eigenvalue weighted by Crippen LogP contribution is 2.34. The molecular formula is C15H15ClN2O3. The molecule has 0 saturated carbocycles. The molecule has 1 amide bonds. The summed E-state index contributed by atoms with van der Waals surface area (Å²) in [6, 6.07) is 9.04. The number of carbonyl (C=O) groups is 1. The Morgan fingerprint density at radius 2 is 2.10 bits per heavy atom. The van der Waals surface area contributed by atoms with Gasteiger partial charge in [0.1, 0.15) is 0 Å². The number of hydrogen-bond acceptors (Lipinski definition) is 3. The van der Waals surface area contributed by atoms with Crippen LogP contribution in [0.4, 0.5) is 10.5 Å². The number of anilines is 1. The van der Waals surface area contributed by atoms with Crippen molar-refractivity contribution in [3.05, 3.63) is 47.7 Å². The molecule has 0 aliphatic heterocycles. The van der Waals surface area contributed by atoms with Gasteiger partial charge in [-0.05, 0) is 12.1 Å². The summed E-state index contributed by atoms with van der Waals surface area (Å²) in [5.74, 6) is 0. The summed E-state index contributed by atoms with van der Waals surface area (Å²) < 4.78 is 4.96. The van der Waals surface area contributed by atoms with E-state index in [1.807, 2.05) is 18.2 Å². The number of hydrogen-bond donors (Lipinski definition) is 1. The van der Waals surface area contributed by atoms with Crippen molar-refractivity contribution >= 4 is 23.4 Å². The fourth-order valence-electron chi connectivity index (χ4n) is 2.01. The largest absolute Gasteiger partial charge is 0.465 e. The summed E-state index contributed by atoms with van der Waals surface area (Å²) in [4.78, 5) is 16.7. The van der Waals surface area contributed by atoms with Gasteiger partial charge in [-0.15, -0.1) is 0 Å². The van der Waals surface area contributed by atoms with Gasteiger partial charge in [-0.25, -0.2) is 4.79 Å². The number of halogens is 1. The maximum absolute atomic E-state index is 11.5. The molecule has 0 bridgehead atoms. The lowest BCUT2D eigenvalue weighted by Crippen LogP contribution is -2.33. The number of methoxy groups -OCH3 is 1. The predicted octanol–water partition coefficient (Wildman–Crippen LogP) is 3.53. The molecule has 6 heteroatoms. The molecule has 0 saturated heterocycles. The molecule has 1 aromatic carbocycles. The zero-order valence-corrected chi connectivity index (χ0v) is 12.2. The summed E-state index contributed by atoms with van der Waals surface area (Å²) in [6.45, 7) is 0.512. The lowest BCUT2D eigenvalue weighted by Gasteiger charge is -2.21. The van der Waals surface area contributed by atoms with Crippen molar-refractivity contribution in [2.75, 3.05) is 25.2 Å². The van der Waals surface area contributed by atoms with E-state index in [-0.39, 0.29) is 6.54 Å². The molecule has 0 aliphatic rings. The molecule has 0 atom stereocenters. The van der Waals surface area contributed by atoms with Crippen molar-refractivity contribution in [1.29, 1.82) is 0 Å². The topological polar surface area (TPSA) is 62.7 Å². The van der Waals surface area contributed by atoms with Crippen molar-refractivity contribution in [2.45, 2.75) is 0 Å². The molecule has 5 nitrogen and oxygen atoms in total. The van der Waals surface area contributed by atoms with Crippen molar-refractivity contribution < 1.29 is 14.6 Å². The Labute approximate surface area is 127 Å². The first kappa shape index (κ1) is 15.3. The summed E-state index contributed by atoms with van der Waals surface area (Å²) >= 11 is 6.21. The number of rotatable bonds is 5. The van der Waals surface area contributed by atoms with E-state index in [1.54, 1.807) is 18.3 Å². The minimum absolute atomic E-state index is 0.217. The van der Waals surface area contributed by atoms with E-state index in [9.17, 15) is 9.90 Å². The Kier molecular flexibility index (Phi) is 5.14. The van der Waals surface area contributed by atoms with E-state index in [0.29, 0.717) is 22.9 Å². The molecule has 110 valence electrons. The van der Waals surface area contributed by atoms with Gasteiger partial charge in [0.25, 0.3) is 0 Å². The van der Waals surface area contributed by atoms with Gasteiger partial charge in [-0.2, -0.15) is 0 Å². The third kappa shape index (κ3) is 3.51. The second-order valence-electron chi connectivity index (χ2n) is 4.30. The second-order valence-corrected chi connectivity index (χ2v) is 4.71. The Balaban J connectivity index is 2.49. The van der Waals surface area contributed by atoms with Crippen LogP contribution in [-0.4, -0.2) is 36.4 Å². The average Bonchev–Trinajstić information content (AvgIpc) is 2.48. The van der Waals surface area contributed by atoms with Gasteiger partial charge in [-0.1, -0.05) is 29.8 Å². The molecule has 0 spiro atoms. The van der Waals surface area contributed by atoms with E-state index < -0.39 is 6.09 Å². The number of nitrogens with zero attached hydrogens (tertiary/aromatic N) is 2. The van der Waals surface area contributed by atoms with Crippen molar-refractivity contribution in [1.82, 2.24) is 4.98 Å². The first-order valence-corrected chi connectivity index (χ1v) is 6.71. The Morgan fingerprint density at radius 1 is 1.33 bits per heavy atom. The summed E-state index contributed by atoms with van der Waals surface area (Å²) in [6.07, 6.45) is 2.06. The van der Waals surface area contributed by atoms with E-state index in [4.69, 9.17) is 16.3 Å². The third-order valence-electron chi connectivity index (χ3n) is 3.00. The van der Waals surface area contributed by atoms with Crippen molar-refractivity contribution in [2.24, 2.45) is 0 Å². The molecule has 1 heterocycles. The van der Waals surface area contributed by atoms with Crippen LogP contribution in [0, 0.1) is 0 Å². The zero-order valence-electron chi connectivity index (χ0n) is 11.5. The number of pyridine rings is 1. The van der Waals surface area contributed by atoms with Crippen LogP contribution in [0.2, 0.25) is 5.02 Å². The summed E-state index contributed by atoms with van der Waals surface area (Å²) in [5.41, 5.74) is 1.96. The summed E-state index contributed by atoms with van der Waals surface area (Å²) in [5, 5.41) is 9.96. The van der Waals surface area contributed by atoms with Gasteiger partial charge in [0.2, 0.25) is 0 Å². The van der Waals surface area contributed by atoms with Crippen LogP contribution in [0.5, 0.6) is 0 Å². The van der Waals surface area contributed by atoms with Crippen LogP contribution in [-0.2, 0) is 4.74 Å². The minimum Gasteiger partial charge on any atom is -0.465 e. The maximum atomic E-state index is 11.5. The van der Waals surface area contributed by atoms with Gasteiger partial charge in [0.15, 0.2) is 0 Å². The number of amides is 1. The first-order valence-electron chi connectivity index (χ1n) is 6.33. The highest BCUT2D eigenvalue weighted by atomic mass is 35.5. The van der Waals surface area contributed by atoms with E-state index in [2.05, 4.69) is 4.98 Å². The normalized spacial score (nSPS) is 10.4. The van der Waals surface area contributed by atoms with Crippen LogP contribution < -0.4 is 4.90 Å². The van der Waals surface area contributed by atoms with Gasteiger partial charge in [0, 0.05) is 29.5 Å². The molecule has 2 aromatic rings. The Hall–Kier alpha value is -2.11. The quantitative estimate of drug-likeness (QED) is 0.918. The molecule has 2 rings (SSSR count). The maximum Gasteiger partial charge on any atom is 0.411 e. The van der Waals surface area contributed by atoms with Gasteiger partial charge in [-0.3, -0.25) is 9.88 Å². The molecule has 0 fully saturated rings. The number of ether oxygens (including phenoxy) is 1. The van der Waals surface area contributed by atoms with E-state index >= 15 is 0 Å². The van der Waals surface area contributed by atoms with Crippen LogP contribution in [0.15, 0.2) is 42.7 Å². The van der Waals surface area contributed by atoms with E-state index in [0.717, 1.165) is 5.56 Å². The molecule has 1 N–H and O–H groups in total.